The van der Waals surface area contributed by atoms with Crippen molar-refractivity contribution >= 4 is 47.2 Å². The Morgan fingerprint density at radius 2 is 1.51 bits per heavy atom. The predicted octanol–water partition coefficient (Wildman–Crippen LogP) is 10.3. The molecule has 5 aromatic rings. The monoisotopic (exact) mass is 1110 g/mol. The Labute approximate surface area is 450 Å². The molecule has 4 aromatic carbocycles. The van der Waals surface area contributed by atoms with Gasteiger partial charge in [-0.15, -0.1) is 0 Å². The molecule has 1 aromatic heterocycles. The Balaban J connectivity index is 0.00000105. The van der Waals surface area contributed by atoms with E-state index in [0.717, 1.165) is 68.8 Å². The molecular formula is C55H55Cl2F5N4O11. The van der Waals surface area contributed by atoms with Crippen molar-refractivity contribution in [3.63, 3.8) is 0 Å². The number of nitrogens with zero attached hydrogens (tertiary/aromatic N) is 3. The van der Waals surface area contributed by atoms with Crippen molar-refractivity contribution < 1.29 is 75.0 Å². The highest BCUT2D eigenvalue weighted by atomic mass is 35.5. The average molecular weight is 1110 g/mol. The van der Waals surface area contributed by atoms with E-state index in [9.17, 15) is 46.6 Å². The van der Waals surface area contributed by atoms with E-state index in [1.165, 1.54) is 6.07 Å². The van der Waals surface area contributed by atoms with Crippen molar-refractivity contribution in [1.29, 1.82) is 0 Å². The first-order valence-electron chi connectivity index (χ1n) is 25.0. The number of ether oxygens (including phenoxy) is 4. The van der Waals surface area contributed by atoms with Gasteiger partial charge in [-0.3, -0.25) is 14.6 Å². The van der Waals surface area contributed by atoms with Gasteiger partial charge in [0.1, 0.15) is 27.4 Å². The molecule has 5 aliphatic rings. The Kier molecular flexibility index (Phi) is 18.1. The first-order valence-corrected chi connectivity index (χ1v) is 25.7. The second kappa shape index (κ2) is 24.7. The molecule has 3 N–H and O–H groups in total. The summed E-state index contributed by atoms with van der Waals surface area (Å²) in [7, 11) is 0. The zero-order valence-electron chi connectivity index (χ0n) is 41.3. The quantitative estimate of drug-likeness (QED) is 0.0233. The van der Waals surface area contributed by atoms with Crippen molar-refractivity contribution in [2.75, 3.05) is 39.3 Å². The average Bonchev–Trinajstić information content (AvgIpc) is 4.17. The summed E-state index contributed by atoms with van der Waals surface area (Å²) in [4.78, 5) is 54.0. The van der Waals surface area contributed by atoms with E-state index in [1.54, 1.807) is 42.5 Å². The summed E-state index contributed by atoms with van der Waals surface area (Å²) in [6, 6.07) is 27.3. The van der Waals surface area contributed by atoms with Crippen LogP contribution in [0.3, 0.4) is 0 Å². The fourth-order valence-corrected chi connectivity index (χ4v) is 11.0. The number of piperidine rings is 3. The number of halogens is 7. The Bertz CT molecular complexity index is 2870. The van der Waals surface area contributed by atoms with Crippen LogP contribution in [-0.2, 0) is 27.2 Å². The van der Waals surface area contributed by atoms with E-state index in [4.69, 9.17) is 52.1 Å². The molecule has 1 aliphatic carbocycles. The first-order chi connectivity index (χ1) is 36.8. The van der Waals surface area contributed by atoms with Crippen LogP contribution in [0.4, 0.5) is 26.7 Å². The van der Waals surface area contributed by atoms with Crippen LogP contribution in [0.2, 0.25) is 10.0 Å². The van der Waals surface area contributed by atoms with Gasteiger partial charge >= 0.3 is 36.8 Å². The molecule has 4 aliphatic heterocycles. The molecule has 0 radical (unpaired) electrons. The van der Waals surface area contributed by atoms with Gasteiger partial charge in [0, 0.05) is 24.6 Å². The molecular weight excluding hydrogens is 1060 g/mol. The van der Waals surface area contributed by atoms with E-state index in [2.05, 4.69) is 10.2 Å². The third-order valence-corrected chi connectivity index (χ3v) is 15.1. The Morgan fingerprint density at radius 1 is 0.831 bits per heavy atom. The molecule has 4 saturated heterocycles. The van der Waals surface area contributed by atoms with Crippen LogP contribution < -0.4 is 24.3 Å². The number of esters is 1. The van der Waals surface area contributed by atoms with E-state index < -0.39 is 54.3 Å². The molecule has 10 rings (SSSR count). The second-order valence-electron chi connectivity index (χ2n) is 19.5. The minimum Gasteiger partial charge on any atom is -0.619 e. The number of pyridine rings is 1. The normalized spacial score (nSPS) is 20.8. The molecule has 15 nitrogen and oxygen atoms in total. The number of hydrogen-bond donors (Lipinski definition) is 3. The molecule has 4 atom stereocenters. The fraction of sp³-hybridized carbons (Fsp3) is 0.400. The lowest BCUT2D eigenvalue weighted by molar-refractivity contribution is -0.605. The number of carbonyl (C=O) groups excluding carboxylic acids is 2. The van der Waals surface area contributed by atoms with Crippen LogP contribution in [0.25, 0.3) is 0 Å². The largest absolute Gasteiger partial charge is 0.619 e. The van der Waals surface area contributed by atoms with Gasteiger partial charge in [-0.1, -0.05) is 83.9 Å². The molecule has 5 heterocycles. The number of fused-ring (bicyclic) bond motifs is 3. The number of nitrogens with one attached hydrogen (secondary N) is 1. The van der Waals surface area contributed by atoms with Gasteiger partial charge in [-0.25, -0.2) is 14.4 Å². The van der Waals surface area contributed by atoms with Crippen molar-refractivity contribution in [3.8, 4) is 17.2 Å². The lowest BCUT2D eigenvalue weighted by Crippen LogP contribution is -2.56. The second-order valence-corrected chi connectivity index (χ2v) is 20.3. The molecule has 0 unspecified atom stereocenters. The highest BCUT2D eigenvalue weighted by molar-refractivity contribution is 6.35. The fourth-order valence-electron chi connectivity index (χ4n) is 10.4. The molecule has 1 saturated carbocycles. The van der Waals surface area contributed by atoms with E-state index in [-0.39, 0.29) is 52.0 Å². The zero-order chi connectivity index (χ0) is 55.0. The van der Waals surface area contributed by atoms with Crippen molar-refractivity contribution in [1.82, 2.24) is 15.1 Å². The summed E-state index contributed by atoms with van der Waals surface area (Å²) in [6.45, 7) is 0.717. The molecule has 22 heteroatoms. The number of amides is 1. The third kappa shape index (κ3) is 14.3. The van der Waals surface area contributed by atoms with E-state index >= 15 is 0 Å². The van der Waals surface area contributed by atoms with Gasteiger partial charge in [-0.05, 0) is 141 Å². The Morgan fingerprint density at radius 3 is 2.12 bits per heavy atom. The van der Waals surface area contributed by atoms with Gasteiger partial charge in [0.2, 0.25) is 0 Å². The van der Waals surface area contributed by atoms with Crippen LogP contribution in [0.5, 0.6) is 17.2 Å². The zero-order valence-corrected chi connectivity index (χ0v) is 42.8. The molecule has 77 heavy (non-hydrogen) atoms. The summed E-state index contributed by atoms with van der Waals surface area (Å²) in [5.41, 5.74) is 1.96. The number of carbonyl (C=O) groups is 4. The van der Waals surface area contributed by atoms with Crippen LogP contribution >= 0.6 is 23.2 Å². The van der Waals surface area contributed by atoms with Crippen LogP contribution in [0.1, 0.15) is 88.7 Å². The van der Waals surface area contributed by atoms with Gasteiger partial charge in [0.25, 0.3) is 0 Å². The molecule has 410 valence electrons. The minimum atomic E-state index is -5.08. The number of aromatic nitrogens is 1. The summed E-state index contributed by atoms with van der Waals surface area (Å²) in [5.74, 6) is -4.45. The van der Waals surface area contributed by atoms with Gasteiger partial charge < -0.3 is 39.7 Å². The highest BCUT2D eigenvalue weighted by Gasteiger charge is 2.54. The number of rotatable bonds is 19. The maximum Gasteiger partial charge on any atom is 0.490 e. The third-order valence-electron chi connectivity index (χ3n) is 14.5. The van der Waals surface area contributed by atoms with Gasteiger partial charge in [0.05, 0.1) is 18.2 Å². The number of alkyl halides is 5. The van der Waals surface area contributed by atoms with Crippen molar-refractivity contribution in [2.45, 2.75) is 87.8 Å². The number of alkyl carbamates (subject to hydrolysis) is 1. The summed E-state index contributed by atoms with van der Waals surface area (Å²) in [5, 5.41) is 33.8. The van der Waals surface area contributed by atoms with Crippen molar-refractivity contribution in [3.05, 3.63) is 158 Å². The van der Waals surface area contributed by atoms with Crippen LogP contribution in [0, 0.1) is 17.0 Å². The lowest BCUT2D eigenvalue weighted by Gasteiger charge is -2.43. The number of carboxylic acids is 2. The SMILES string of the molecule is O=C(N[C@@H](c1ccccc1)c1cccc(C(=O)Oc2ccc(CCN3CCC[C@@]3(C(=O)O)[C@@H](Cc3c(Cl)c[n+]([O-])cc3Cl)c3ccc(OC(F)F)c(OCC4CC4)c3)cc2)c1)O[C@H]1CN2CCC1CC2.O=C(O)C(F)(F)F. The maximum absolute atomic E-state index is 13.8. The lowest BCUT2D eigenvalue weighted by atomic mass is 9.73. The Hall–Kier alpha value is -6.74. The van der Waals surface area contributed by atoms with E-state index in [0.29, 0.717) is 65.6 Å². The van der Waals surface area contributed by atoms with Crippen LogP contribution in [-0.4, -0.2) is 108 Å². The minimum absolute atomic E-state index is 0.00286. The number of likely N-dealkylation sites (tertiary alicyclic amines) is 1. The highest BCUT2D eigenvalue weighted by Crippen LogP contribution is 2.47. The molecule has 0 spiro atoms. The standard InChI is InChI=1S/C53H54Cl2F2N4O9.C2HF3O2/c54-43-29-61(66)30-44(55)41(43)28-42(37-14-17-45(69-51(56)57)46(27-37)67-32-34-10-11-34)53(50(63)64)21-5-22-60(53)25-18-33-12-15-40(16-13-33)68-49(62)39-9-4-8-38(26-39)48(36-6-2-1-3-7-36)58-52(65)70-47-31-59-23-19-35(47)20-24-59;3-2(4,5)1(6)7/h1-4,6-9,12-17,26-27,29-30,34-35,42,47-48,51H,5,10-11,18-25,28,31-32H2,(H,58,65)(H,63,64);(H,6,7)/t42-,47-,48-,53-;/m0./s1. The number of carboxylic acid groups (broad SMARTS) is 2. The molecule has 5 fully saturated rings. The van der Waals surface area contributed by atoms with Gasteiger partial charge in [0.15, 0.2) is 23.9 Å². The summed E-state index contributed by atoms with van der Waals surface area (Å²) in [6.07, 6.45) is 1.67. The van der Waals surface area contributed by atoms with Crippen LogP contribution in [0.15, 0.2) is 109 Å². The van der Waals surface area contributed by atoms with Crippen molar-refractivity contribution in [2.24, 2.45) is 11.8 Å². The topological polar surface area (TPSA) is 191 Å². The number of benzene rings is 4. The predicted molar refractivity (Wildman–Crippen MR) is 270 cm³/mol. The molecule has 2 bridgehead atoms. The smallest absolute Gasteiger partial charge is 0.490 e. The van der Waals surface area contributed by atoms with E-state index in [1.807, 2.05) is 53.4 Å². The number of aliphatic carboxylic acids is 2. The first kappa shape index (κ1) is 56.5. The van der Waals surface area contributed by atoms with Gasteiger partial charge in [-0.2, -0.15) is 26.7 Å². The molecule has 1 amide bonds. The number of hydrogen-bond acceptors (Lipinski definition) is 11. The summed E-state index contributed by atoms with van der Waals surface area (Å²) < 4.78 is 82.0. The summed E-state index contributed by atoms with van der Waals surface area (Å²) >= 11 is 13.2. The maximum atomic E-state index is 13.8.